The molecule has 1 rings (SSSR count). The maximum atomic E-state index is 12.1. The molecular formula is C10H17N3O2S. The van der Waals surface area contributed by atoms with Gasteiger partial charge >= 0.3 is 0 Å². The molecule has 1 amide bonds. The van der Waals surface area contributed by atoms with Gasteiger partial charge in [0.05, 0.1) is 18.3 Å². The van der Waals surface area contributed by atoms with Gasteiger partial charge in [-0.15, -0.1) is 5.10 Å². The van der Waals surface area contributed by atoms with Crippen LogP contribution in [-0.2, 0) is 0 Å². The average Bonchev–Trinajstić information content (AvgIpc) is 2.74. The first-order valence-electron chi connectivity index (χ1n) is 5.19. The van der Waals surface area contributed by atoms with Crippen LogP contribution < -0.4 is 0 Å². The van der Waals surface area contributed by atoms with Gasteiger partial charge in [0.25, 0.3) is 5.91 Å². The van der Waals surface area contributed by atoms with Crippen LogP contribution in [0.3, 0.4) is 0 Å². The van der Waals surface area contributed by atoms with Gasteiger partial charge in [-0.2, -0.15) is 0 Å². The third kappa shape index (κ3) is 2.56. The molecular weight excluding hydrogens is 226 g/mol. The van der Waals surface area contributed by atoms with Crippen molar-refractivity contribution in [2.75, 3.05) is 13.7 Å². The van der Waals surface area contributed by atoms with Crippen molar-refractivity contribution in [1.82, 2.24) is 14.5 Å². The predicted octanol–water partition coefficient (Wildman–Crippen LogP) is 1.11. The smallest absolute Gasteiger partial charge is 0.267 e. The molecule has 1 unspecified atom stereocenters. The minimum absolute atomic E-state index is 0.0501. The van der Waals surface area contributed by atoms with Crippen molar-refractivity contribution < 1.29 is 9.90 Å². The first kappa shape index (κ1) is 13.1. The number of aliphatic hydroxyl groups is 1. The summed E-state index contributed by atoms with van der Waals surface area (Å²) in [4.78, 5) is 14.2. The Balaban J connectivity index is 2.92. The summed E-state index contributed by atoms with van der Waals surface area (Å²) in [6, 6.07) is -0.199. The maximum absolute atomic E-state index is 12.1. The standard InChI is InChI=1S/C10H17N3O2S/c1-6(2)8-9(16-12-11-8)10(15)13(4)7(3)5-14/h6-7,14H,5H2,1-4H3. The van der Waals surface area contributed by atoms with Crippen molar-refractivity contribution >= 4 is 17.4 Å². The molecule has 0 radical (unpaired) electrons. The lowest BCUT2D eigenvalue weighted by molar-refractivity contribution is 0.0685. The van der Waals surface area contributed by atoms with E-state index >= 15 is 0 Å². The van der Waals surface area contributed by atoms with Gasteiger partial charge in [0, 0.05) is 7.05 Å². The third-order valence-electron chi connectivity index (χ3n) is 2.50. The van der Waals surface area contributed by atoms with E-state index < -0.39 is 0 Å². The van der Waals surface area contributed by atoms with E-state index in [-0.39, 0.29) is 24.5 Å². The lowest BCUT2D eigenvalue weighted by Gasteiger charge is -2.22. The van der Waals surface area contributed by atoms with E-state index in [2.05, 4.69) is 9.59 Å². The minimum Gasteiger partial charge on any atom is -0.394 e. The summed E-state index contributed by atoms with van der Waals surface area (Å²) in [6.45, 7) is 5.69. The fraction of sp³-hybridized carbons (Fsp3) is 0.700. The monoisotopic (exact) mass is 243 g/mol. The zero-order valence-corrected chi connectivity index (χ0v) is 10.8. The normalized spacial score (nSPS) is 12.9. The Morgan fingerprint density at radius 3 is 2.62 bits per heavy atom. The second-order valence-corrected chi connectivity index (χ2v) is 4.84. The van der Waals surface area contributed by atoms with Crippen LogP contribution in [0.2, 0.25) is 0 Å². The fourth-order valence-electron chi connectivity index (χ4n) is 1.21. The summed E-state index contributed by atoms with van der Waals surface area (Å²) in [6.07, 6.45) is 0. The Morgan fingerprint density at radius 2 is 2.12 bits per heavy atom. The summed E-state index contributed by atoms with van der Waals surface area (Å²) < 4.78 is 3.81. The van der Waals surface area contributed by atoms with Crippen molar-refractivity contribution in [1.29, 1.82) is 0 Å². The zero-order valence-electron chi connectivity index (χ0n) is 9.97. The van der Waals surface area contributed by atoms with Crippen molar-refractivity contribution in [3.05, 3.63) is 10.6 Å². The highest BCUT2D eigenvalue weighted by molar-refractivity contribution is 7.08. The molecule has 0 saturated heterocycles. The summed E-state index contributed by atoms with van der Waals surface area (Å²) in [5.74, 6) is 0.0517. The van der Waals surface area contributed by atoms with Crippen LogP contribution >= 0.6 is 11.5 Å². The molecule has 1 heterocycles. The molecule has 0 fully saturated rings. The molecule has 1 aromatic heterocycles. The van der Waals surface area contributed by atoms with Crippen LogP contribution in [0, 0.1) is 0 Å². The zero-order chi connectivity index (χ0) is 12.3. The van der Waals surface area contributed by atoms with E-state index in [1.54, 1.807) is 14.0 Å². The van der Waals surface area contributed by atoms with Gasteiger partial charge in [-0.1, -0.05) is 18.3 Å². The highest BCUT2D eigenvalue weighted by Gasteiger charge is 2.24. The van der Waals surface area contributed by atoms with Crippen LogP contribution in [0.15, 0.2) is 0 Å². The molecule has 5 nitrogen and oxygen atoms in total. The molecule has 6 heteroatoms. The third-order valence-corrected chi connectivity index (χ3v) is 3.23. The van der Waals surface area contributed by atoms with Gasteiger partial charge in [-0.25, -0.2) is 0 Å². The Morgan fingerprint density at radius 1 is 1.50 bits per heavy atom. The maximum Gasteiger partial charge on any atom is 0.267 e. The number of aliphatic hydroxyl groups excluding tert-OH is 1. The van der Waals surface area contributed by atoms with E-state index in [0.29, 0.717) is 4.88 Å². The molecule has 0 aliphatic heterocycles. The van der Waals surface area contributed by atoms with Gasteiger partial charge in [0.2, 0.25) is 0 Å². The largest absolute Gasteiger partial charge is 0.394 e. The van der Waals surface area contributed by atoms with Gasteiger partial charge in [-0.05, 0) is 24.4 Å². The van der Waals surface area contributed by atoms with Crippen LogP contribution in [0.5, 0.6) is 0 Å². The van der Waals surface area contributed by atoms with Crippen LogP contribution in [0.4, 0.5) is 0 Å². The Labute approximate surface area is 99.3 Å². The molecule has 1 aromatic rings. The van der Waals surface area contributed by atoms with Crippen molar-refractivity contribution in [3.8, 4) is 0 Å². The summed E-state index contributed by atoms with van der Waals surface area (Å²) >= 11 is 1.11. The average molecular weight is 243 g/mol. The number of nitrogens with zero attached hydrogens (tertiary/aromatic N) is 3. The van der Waals surface area contributed by atoms with Crippen molar-refractivity contribution in [2.45, 2.75) is 32.7 Å². The molecule has 90 valence electrons. The first-order chi connectivity index (χ1) is 7.49. The Bertz CT molecular complexity index is 365. The number of amides is 1. The number of hydrogen-bond acceptors (Lipinski definition) is 5. The van der Waals surface area contributed by atoms with E-state index in [9.17, 15) is 4.79 Å². The van der Waals surface area contributed by atoms with Crippen LogP contribution in [0.25, 0.3) is 0 Å². The number of hydrogen-bond donors (Lipinski definition) is 1. The molecule has 16 heavy (non-hydrogen) atoms. The van der Waals surface area contributed by atoms with Crippen molar-refractivity contribution in [2.24, 2.45) is 0 Å². The van der Waals surface area contributed by atoms with Crippen LogP contribution in [-0.4, -0.2) is 45.2 Å². The second-order valence-electron chi connectivity index (χ2n) is 4.09. The Hall–Kier alpha value is -1.01. The first-order valence-corrected chi connectivity index (χ1v) is 5.96. The summed E-state index contributed by atoms with van der Waals surface area (Å²) in [7, 11) is 1.67. The summed E-state index contributed by atoms with van der Waals surface area (Å²) in [5.41, 5.74) is 0.729. The number of carbonyl (C=O) groups is 1. The van der Waals surface area contributed by atoms with Gasteiger partial charge < -0.3 is 10.0 Å². The number of carbonyl (C=O) groups excluding carboxylic acids is 1. The van der Waals surface area contributed by atoms with Crippen LogP contribution in [0.1, 0.15) is 42.1 Å². The second kappa shape index (κ2) is 5.36. The lowest BCUT2D eigenvalue weighted by Crippen LogP contribution is -2.37. The highest BCUT2D eigenvalue weighted by atomic mass is 32.1. The van der Waals surface area contributed by atoms with E-state index in [4.69, 9.17) is 5.11 Å². The van der Waals surface area contributed by atoms with E-state index in [0.717, 1.165) is 17.2 Å². The molecule has 0 saturated carbocycles. The minimum atomic E-state index is -0.199. The van der Waals surface area contributed by atoms with Gasteiger partial charge in [0.15, 0.2) is 0 Å². The predicted molar refractivity (Wildman–Crippen MR) is 62.6 cm³/mol. The fourth-order valence-corrected chi connectivity index (χ4v) is 2.01. The quantitative estimate of drug-likeness (QED) is 0.860. The molecule has 1 atom stereocenters. The number of aromatic nitrogens is 2. The molecule has 0 bridgehead atoms. The SMILES string of the molecule is CC(C)c1nnsc1C(=O)N(C)C(C)CO. The summed E-state index contributed by atoms with van der Waals surface area (Å²) in [5, 5.41) is 13.0. The molecule has 0 spiro atoms. The van der Waals surface area contributed by atoms with E-state index in [1.165, 1.54) is 4.90 Å². The van der Waals surface area contributed by atoms with Gasteiger partial charge in [-0.3, -0.25) is 4.79 Å². The Kier molecular flexibility index (Phi) is 4.37. The molecule has 0 aliphatic carbocycles. The molecule has 0 aliphatic rings. The topological polar surface area (TPSA) is 66.3 Å². The molecule has 1 N–H and O–H groups in total. The lowest BCUT2D eigenvalue weighted by atomic mass is 10.1. The molecule has 0 aromatic carbocycles. The van der Waals surface area contributed by atoms with Gasteiger partial charge in [0.1, 0.15) is 4.88 Å². The number of likely N-dealkylation sites (N-methyl/N-ethyl adjacent to an activating group) is 1. The van der Waals surface area contributed by atoms with E-state index in [1.807, 2.05) is 13.8 Å². The van der Waals surface area contributed by atoms with Crippen molar-refractivity contribution in [3.63, 3.8) is 0 Å². The number of rotatable bonds is 4. The highest BCUT2D eigenvalue weighted by Crippen LogP contribution is 2.21.